The number of hydrogen-bond donors (Lipinski definition) is 1. The molecule has 0 saturated carbocycles. The molecule has 2 aromatic carbocycles. The molecule has 0 bridgehead atoms. The molecule has 0 unspecified atom stereocenters. The van der Waals surface area contributed by atoms with Crippen LogP contribution in [0.1, 0.15) is 24.2 Å². The lowest BCUT2D eigenvalue weighted by Crippen LogP contribution is -2.32. The van der Waals surface area contributed by atoms with Gasteiger partial charge in [0.15, 0.2) is 5.16 Å². The van der Waals surface area contributed by atoms with Crippen LogP contribution in [-0.2, 0) is 22.4 Å². The van der Waals surface area contributed by atoms with Gasteiger partial charge in [0.25, 0.3) is 0 Å². The number of halogens is 1. The number of benzene rings is 2. The summed E-state index contributed by atoms with van der Waals surface area (Å²) in [5, 5.41) is 12.2. The fourth-order valence-electron chi connectivity index (χ4n) is 3.52. The Hall–Kier alpha value is -2.71. The molecule has 8 heteroatoms. The molecule has 0 radical (unpaired) electrons. The first-order valence-electron chi connectivity index (χ1n) is 10.4. The van der Waals surface area contributed by atoms with Crippen LogP contribution in [0.2, 0.25) is 0 Å². The van der Waals surface area contributed by atoms with Crippen LogP contribution in [0.15, 0.2) is 59.8 Å². The number of nitrogens with zero attached hydrogens (tertiary/aromatic N) is 3. The lowest BCUT2D eigenvalue weighted by atomic mass is 10.1. The smallest absolute Gasteiger partial charge is 0.230 e. The van der Waals surface area contributed by atoms with E-state index in [0.29, 0.717) is 18.1 Å². The van der Waals surface area contributed by atoms with E-state index in [1.54, 1.807) is 12.1 Å². The zero-order valence-electron chi connectivity index (χ0n) is 17.2. The molecule has 31 heavy (non-hydrogen) atoms. The lowest BCUT2D eigenvalue weighted by Gasteiger charge is -2.12. The van der Waals surface area contributed by atoms with Gasteiger partial charge in [0.2, 0.25) is 5.91 Å². The Morgan fingerprint density at radius 2 is 1.94 bits per heavy atom. The number of carbonyl (C=O) groups is 1. The van der Waals surface area contributed by atoms with E-state index in [-0.39, 0.29) is 23.6 Å². The zero-order valence-corrected chi connectivity index (χ0v) is 18.0. The van der Waals surface area contributed by atoms with Gasteiger partial charge >= 0.3 is 0 Å². The second-order valence-electron chi connectivity index (χ2n) is 7.42. The number of nitrogens with one attached hydrogen (secondary N) is 1. The molecule has 1 saturated heterocycles. The second kappa shape index (κ2) is 10.5. The number of thioether (sulfide) groups is 1. The number of aromatic nitrogens is 3. The number of rotatable bonds is 9. The van der Waals surface area contributed by atoms with Crippen LogP contribution in [0.3, 0.4) is 0 Å². The van der Waals surface area contributed by atoms with Gasteiger partial charge in [-0.25, -0.2) is 4.39 Å². The SMILES string of the molecule is O=C(CSc1nnc(CCc2ccccc2)n1-c1ccc(F)cc1)NC[C@H]1CCCO1. The van der Waals surface area contributed by atoms with E-state index in [2.05, 4.69) is 27.6 Å². The van der Waals surface area contributed by atoms with E-state index in [1.165, 1.54) is 29.5 Å². The van der Waals surface area contributed by atoms with Crippen molar-refractivity contribution in [3.05, 3.63) is 71.8 Å². The number of ether oxygens (including phenoxy) is 1. The van der Waals surface area contributed by atoms with Crippen molar-refractivity contribution in [2.75, 3.05) is 18.9 Å². The average molecular weight is 441 g/mol. The first-order chi connectivity index (χ1) is 15.2. The Morgan fingerprint density at radius 1 is 1.13 bits per heavy atom. The standard InChI is InChI=1S/C23H25FN4O2S/c24-18-9-11-19(12-10-18)28-21(13-8-17-5-2-1-3-6-17)26-27-23(28)31-16-22(29)25-15-20-7-4-14-30-20/h1-3,5-6,9-12,20H,4,7-8,13-16H2,(H,25,29)/t20-/m1/s1. The molecule has 1 atom stereocenters. The maximum atomic E-state index is 13.5. The van der Waals surface area contributed by atoms with Crippen molar-refractivity contribution in [3.63, 3.8) is 0 Å². The van der Waals surface area contributed by atoms with E-state index in [4.69, 9.17) is 4.74 Å². The summed E-state index contributed by atoms with van der Waals surface area (Å²) in [6, 6.07) is 16.4. The largest absolute Gasteiger partial charge is 0.376 e. The van der Waals surface area contributed by atoms with Gasteiger partial charge in [-0.15, -0.1) is 10.2 Å². The van der Waals surface area contributed by atoms with E-state index < -0.39 is 0 Å². The Bertz CT molecular complexity index is 989. The molecular weight excluding hydrogens is 415 g/mol. The third-order valence-corrected chi connectivity index (χ3v) is 6.08. The maximum absolute atomic E-state index is 13.5. The first-order valence-corrected chi connectivity index (χ1v) is 11.4. The minimum atomic E-state index is -0.301. The highest BCUT2D eigenvalue weighted by Gasteiger charge is 2.18. The van der Waals surface area contributed by atoms with E-state index in [0.717, 1.165) is 37.4 Å². The molecular formula is C23H25FN4O2S. The Kier molecular flexibility index (Phi) is 7.32. The van der Waals surface area contributed by atoms with Crippen molar-refractivity contribution < 1.29 is 13.9 Å². The summed E-state index contributed by atoms with van der Waals surface area (Å²) >= 11 is 1.32. The predicted molar refractivity (Wildman–Crippen MR) is 118 cm³/mol. The highest BCUT2D eigenvalue weighted by atomic mass is 32.2. The van der Waals surface area contributed by atoms with Crippen LogP contribution in [0.5, 0.6) is 0 Å². The van der Waals surface area contributed by atoms with Crippen LogP contribution in [-0.4, -0.2) is 45.7 Å². The molecule has 6 nitrogen and oxygen atoms in total. The summed E-state index contributed by atoms with van der Waals surface area (Å²) in [5.41, 5.74) is 1.98. The van der Waals surface area contributed by atoms with E-state index >= 15 is 0 Å². The Labute approximate surface area is 185 Å². The molecule has 162 valence electrons. The van der Waals surface area contributed by atoms with E-state index in [1.807, 2.05) is 22.8 Å². The highest BCUT2D eigenvalue weighted by molar-refractivity contribution is 7.99. The van der Waals surface area contributed by atoms with Crippen molar-refractivity contribution in [1.82, 2.24) is 20.1 Å². The minimum absolute atomic E-state index is 0.0695. The third-order valence-electron chi connectivity index (χ3n) is 5.15. The van der Waals surface area contributed by atoms with Crippen molar-refractivity contribution >= 4 is 17.7 Å². The summed E-state index contributed by atoms with van der Waals surface area (Å²) in [6.07, 6.45) is 3.63. The van der Waals surface area contributed by atoms with Crippen molar-refractivity contribution in [2.45, 2.75) is 36.9 Å². The molecule has 1 amide bonds. The maximum Gasteiger partial charge on any atom is 0.230 e. The van der Waals surface area contributed by atoms with Crippen LogP contribution in [0.25, 0.3) is 5.69 Å². The van der Waals surface area contributed by atoms with Crippen molar-refractivity contribution in [2.24, 2.45) is 0 Å². The quantitative estimate of drug-likeness (QED) is 0.515. The number of amides is 1. The number of hydrogen-bond acceptors (Lipinski definition) is 5. The predicted octanol–water partition coefficient (Wildman–Crippen LogP) is 3.58. The van der Waals surface area contributed by atoms with Gasteiger partial charge in [-0.2, -0.15) is 0 Å². The average Bonchev–Trinajstić information content (AvgIpc) is 3.46. The first kappa shape index (κ1) is 21.5. The molecule has 1 aliphatic rings. The molecule has 1 aliphatic heterocycles. The molecule has 4 rings (SSSR count). The number of carbonyl (C=O) groups excluding carboxylic acids is 1. The fourth-order valence-corrected chi connectivity index (χ4v) is 4.32. The lowest BCUT2D eigenvalue weighted by molar-refractivity contribution is -0.119. The van der Waals surface area contributed by atoms with Crippen molar-refractivity contribution in [3.8, 4) is 5.69 Å². The van der Waals surface area contributed by atoms with Gasteiger partial charge in [0.05, 0.1) is 11.9 Å². The van der Waals surface area contributed by atoms with E-state index in [9.17, 15) is 9.18 Å². The second-order valence-corrected chi connectivity index (χ2v) is 8.37. The molecule has 1 aromatic heterocycles. The monoisotopic (exact) mass is 440 g/mol. The summed E-state index contributed by atoms with van der Waals surface area (Å²) in [5.74, 6) is 0.633. The van der Waals surface area contributed by atoms with Crippen LogP contribution >= 0.6 is 11.8 Å². The summed E-state index contributed by atoms with van der Waals surface area (Å²) in [7, 11) is 0. The molecule has 2 heterocycles. The van der Waals surface area contributed by atoms with Crippen molar-refractivity contribution in [1.29, 1.82) is 0 Å². The van der Waals surface area contributed by atoms with Crippen LogP contribution in [0.4, 0.5) is 4.39 Å². The number of aryl methyl sites for hydroxylation is 2. The Morgan fingerprint density at radius 3 is 2.68 bits per heavy atom. The van der Waals surface area contributed by atoms with Gasteiger partial charge in [-0.3, -0.25) is 9.36 Å². The third kappa shape index (κ3) is 5.92. The molecule has 1 N–H and O–H groups in total. The van der Waals surface area contributed by atoms with Gasteiger partial charge in [0, 0.05) is 25.3 Å². The summed E-state index contributed by atoms with van der Waals surface area (Å²) < 4.78 is 20.9. The summed E-state index contributed by atoms with van der Waals surface area (Å²) in [6.45, 7) is 1.30. The van der Waals surface area contributed by atoms with Gasteiger partial charge in [0.1, 0.15) is 11.6 Å². The van der Waals surface area contributed by atoms with Gasteiger partial charge in [-0.1, -0.05) is 42.1 Å². The molecule has 0 spiro atoms. The normalized spacial score (nSPS) is 15.8. The van der Waals surface area contributed by atoms with Gasteiger partial charge in [-0.05, 0) is 49.1 Å². The fraction of sp³-hybridized carbons (Fsp3) is 0.348. The van der Waals surface area contributed by atoms with Crippen LogP contribution < -0.4 is 5.32 Å². The zero-order chi connectivity index (χ0) is 21.5. The van der Waals surface area contributed by atoms with Crippen LogP contribution in [0, 0.1) is 5.82 Å². The topological polar surface area (TPSA) is 69.0 Å². The Balaban J connectivity index is 1.45. The highest BCUT2D eigenvalue weighted by Crippen LogP contribution is 2.23. The molecule has 0 aliphatic carbocycles. The summed E-state index contributed by atoms with van der Waals surface area (Å²) in [4.78, 5) is 12.3. The minimum Gasteiger partial charge on any atom is -0.376 e. The van der Waals surface area contributed by atoms with Gasteiger partial charge < -0.3 is 10.1 Å². The molecule has 1 fully saturated rings. The molecule has 3 aromatic rings.